The summed E-state index contributed by atoms with van der Waals surface area (Å²) in [7, 11) is -1.79. The molecule has 0 radical (unpaired) electrons. The summed E-state index contributed by atoms with van der Waals surface area (Å²) in [5, 5.41) is 9.16. The van der Waals surface area contributed by atoms with Crippen molar-refractivity contribution in [1.82, 2.24) is 4.90 Å². The third-order valence-electron chi connectivity index (χ3n) is 4.25. The average molecular weight is 287 g/mol. The summed E-state index contributed by atoms with van der Waals surface area (Å²) in [5.74, 6) is -0.287. The lowest BCUT2D eigenvalue weighted by molar-refractivity contribution is -0.127. The highest BCUT2D eigenvalue weighted by Gasteiger charge is 2.39. The molecule has 0 bridgehead atoms. The van der Waals surface area contributed by atoms with E-state index < -0.39 is 14.4 Å². The van der Waals surface area contributed by atoms with Gasteiger partial charge in [-0.05, 0) is 31.0 Å². The van der Waals surface area contributed by atoms with E-state index in [1.807, 2.05) is 0 Å². The van der Waals surface area contributed by atoms with E-state index in [1.165, 1.54) is 0 Å². The van der Waals surface area contributed by atoms with Crippen LogP contribution in [0.3, 0.4) is 0 Å². The number of rotatable bonds is 4. The summed E-state index contributed by atoms with van der Waals surface area (Å²) in [6.07, 6.45) is 0.410. The maximum atomic E-state index is 11.5. The molecule has 0 aromatic rings. The highest BCUT2D eigenvalue weighted by Crippen LogP contribution is 2.36. The lowest BCUT2D eigenvalue weighted by Gasteiger charge is -2.36. The van der Waals surface area contributed by atoms with Crippen molar-refractivity contribution >= 4 is 20.3 Å². The van der Waals surface area contributed by atoms with Crippen molar-refractivity contribution in [3.05, 3.63) is 0 Å². The van der Waals surface area contributed by atoms with Crippen LogP contribution in [0.2, 0.25) is 18.1 Å². The zero-order chi connectivity index (χ0) is 14.8. The maximum Gasteiger partial charge on any atom is 0.414 e. The molecule has 110 valence electrons. The van der Waals surface area contributed by atoms with Crippen LogP contribution < -0.4 is 0 Å². The highest BCUT2D eigenvalue weighted by molar-refractivity contribution is 6.74. The smallest absolute Gasteiger partial charge is 0.414 e. The van der Waals surface area contributed by atoms with Crippen molar-refractivity contribution in [2.75, 3.05) is 6.61 Å². The van der Waals surface area contributed by atoms with Gasteiger partial charge >= 0.3 is 6.09 Å². The minimum atomic E-state index is -1.79. The molecular weight excluding hydrogens is 262 g/mol. The van der Waals surface area contributed by atoms with Crippen LogP contribution in [-0.2, 0) is 9.22 Å². The summed E-state index contributed by atoms with van der Waals surface area (Å²) >= 11 is 0. The maximum absolute atomic E-state index is 11.5. The molecule has 0 saturated carbocycles. The summed E-state index contributed by atoms with van der Waals surface area (Å²) in [6, 6.07) is -0.213. The van der Waals surface area contributed by atoms with Crippen LogP contribution in [0.5, 0.6) is 0 Å². The van der Waals surface area contributed by atoms with E-state index in [2.05, 4.69) is 33.9 Å². The van der Waals surface area contributed by atoms with Crippen LogP contribution in [0.1, 0.15) is 40.0 Å². The Labute approximate surface area is 116 Å². The lowest BCUT2D eigenvalue weighted by Crippen LogP contribution is -2.43. The lowest BCUT2D eigenvalue weighted by atomic mass is 10.1. The van der Waals surface area contributed by atoms with E-state index >= 15 is 0 Å². The van der Waals surface area contributed by atoms with Gasteiger partial charge in [-0.1, -0.05) is 20.8 Å². The molecule has 1 aliphatic rings. The summed E-state index contributed by atoms with van der Waals surface area (Å²) in [5.41, 5.74) is 0. The minimum absolute atomic E-state index is 0.144. The molecule has 1 saturated heterocycles. The summed E-state index contributed by atoms with van der Waals surface area (Å²) in [4.78, 5) is 23.4. The van der Waals surface area contributed by atoms with Gasteiger partial charge in [0.1, 0.15) is 0 Å². The Morgan fingerprint density at radius 3 is 2.53 bits per heavy atom. The summed E-state index contributed by atoms with van der Waals surface area (Å²) in [6.45, 7) is 11.4. The zero-order valence-electron chi connectivity index (χ0n) is 12.5. The molecule has 0 aromatic carbocycles. The Kier molecular flexibility index (Phi) is 4.79. The first-order valence-corrected chi connectivity index (χ1v) is 9.66. The number of hydrogen-bond donors (Lipinski definition) is 1. The Morgan fingerprint density at radius 1 is 1.47 bits per heavy atom. The predicted molar refractivity (Wildman–Crippen MR) is 75.7 cm³/mol. The van der Waals surface area contributed by atoms with Crippen LogP contribution in [0.25, 0.3) is 0 Å². The number of carboxylic acid groups (broad SMARTS) is 1. The molecule has 1 rings (SSSR count). The molecule has 1 N–H and O–H groups in total. The predicted octanol–water partition coefficient (Wildman–Crippen LogP) is 3.07. The Balaban J connectivity index is 2.50. The monoisotopic (exact) mass is 287 g/mol. The molecule has 5 nitrogen and oxygen atoms in total. The van der Waals surface area contributed by atoms with E-state index in [9.17, 15) is 9.59 Å². The Morgan fingerprint density at radius 2 is 2.05 bits per heavy atom. The largest absolute Gasteiger partial charge is 0.465 e. The molecule has 1 fully saturated rings. The van der Waals surface area contributed by atoms with Gasteiger partial charge in [-0.15, -0.1) is 0 Å². The van der Waals surface area contributed by atoms with Crippen molar-refractivity contribution < 1.29 is 19.1 Å². The van der Waals surface area contributed by atoms with Crippen molar-refractivity contribution in [2.24, 2.45) is 0 Å². The molecule has 2 amide bonds. The van der Waals surface area contributed by atoms with Crippen molar-refractivity contribution in [3.63, 3.8) is 0 Å². The molecule has 1 atom stereocenters. The van der Waals surface area contributed by atoms with Gasteiger partial charge in [0.2, 0.25) is 5.91 Å². The Hall–Kier alpha value is -0.883. The molecule has 0 unspecified atom stereocenters. The molecule has 0 aliphatic carbocycles. The van der Waals surface area contributed by atoms with E-state index in [0.717, 1.165) is 4.90 Å². The number of nitrogens with zero attached hydrogens (tertiary/aromatic N) is 1. The van der Waals surface area contributed by atoms with Crippen molar-refractivity contribution in [2.45, 2.75) is 64.2 Å². The summed E-state index contributed by atoms with van der Waals surface area (Å²) < 4.78 is 6.03. The van der Waals surface area contributed by atoms with Gasteiger partial charge in [0.05, 0.1) is 0 Å². The van der Waals surface area contributed by atoms with Gasteiger partial charge in [0, 0.05) is 19.1 Å². The van der Waals surface area contributed by atoms with E-state index in [0.29, 0.717) is 25.9 Å². The SMILES string of the molecule is CC(C)(C)[Si](C)(C)OCC[C@H]1CCC(=O)N1C(=O)O. The topological polar surface area (TPSA) is 66.8 Å². The van der Waals surface area contributed by atoms with Crippen LogP contribution >= 0.6 is 0 Å². The number of hydrogen-bond acceptors (Lipinski definition) is 3. The number of likely N-dealkylation sites (tertiary alicyclic amines) is 1. The first-order valence-electron chi connectivity index (χ1n) is 6.75. The second-order valence-corrected chi connectivity index (χ2v) is 11.4. The molecular formula is C13H25NO4Si. The molecule has 0 spiro atoms. The van der Waals surface area contributed by atoms with Crippen molar-refractivity contribution in [3.8, 4) is 0 Å². The quantitative estimate of drug-likeness (QED) is 0.807. The third kappa shape index (κ3) is 3.79. The van der Waals surface area contributed by atoms with Crippen molar-refractivity contribution in [1.29, 1.82) is 0 Å². The molecule has 19 heavy (non-hydrogen) atoms. The van der Waals surface area contributed by atoms with Crippen LogP contribution in [-0.4, -0.2) is 43.0 Å². The van der Waals surface area contributed by atoms with E-state index in [-0.39, 0.29) is 17.0 Å². The minimum Gasteiger partial charge on any atom is -0.465 e. The van der Waals surface area contributed by atoms with Gasteiger partial charge < -0.3 is 9.53 Å². The first-order chi connectivity index (χ1) is 8.56. The van der Waals surface area contributed by atoms with E-state index in [1.54, 1.807) is 0 Å². The van der Waals surface area contributed by atoms with E-state index in [4.69, 9.17) is 9.53 Å². The fourth-order valence-electron chi connectivity index (χ4n) is 1.95. The van der Waals surface area contributed by atoms with Gasteiger partial charge in [-0.2, -0.15) is 0 Å². The molecule has 1 aliphatic heterocycles. The standard InChI is InChI=1S/C13H25NO4Si/c1-13(2,3)19(4,5)18-9-8-10-6-7-11(15)14(10)12(16)17/h10H,6-9H2,1-5H3,(H,16,17)/t10-/m1/s1. The molecule has 6 heteroatoms. The number of imide groups is 1. The molecule has 0 aromatic heterocycles. The van der Waals surface area contributed by atoms with Gasteiger partial charge in [-0.3, -0.25) is 4.79 Å². The second kappa shape index (κ2) is 5.62. The molecule has 1 heterocycles. The number of amides is 2. The van der Waals surface area contributed by atoms with Gasteiger partial charge in [0.25, 0.3) is 0 Å². The number of carbonyl (C=O) groups excluding carboxylic acids is 1. The second-order valence-electron chi connectivity index (χ2n) is 6.64. The first kappa shape index (κ1) is 16.2. The highest BCUT2D eigenvalue weighted by atomic mass is 28.4. The fourth-order valence-corrected chi connectivity index (χ4v) is 3.01. The number of carbonyl (C=O) groups is 2. The fraction of sp³-hybridized carbons (Fsp3) is 0.846. The van der Waals surface area contributed by atoms with Gasteiger partial charge in [-0.25, -0.2) is 9.69 Å². The van der Waals surface area contributed by atoms with Gasteiger partial charge in [0.15, 0.2) is 8.32 Å². The Bertz CT molecular complexity index is 362. The average Bonchev–Trinajstić information content (AvgIpc) is 2.57. The normalized spacial score (nSPS) is 21.0. The zero-order valence-corrected chi connectivity index (χ0v) is 13.5. The third-order valence-corrected chi connectivity index (χ3v) is 8.79. The van der Waals surface area contributed by atoms with Crippen LogP contribution in [0.4, 0.5) is 4.79 Å². The van der Waals surface area contributed by atoms with Crippen LogP contribution in [0, 0.1) is 0 Å². The van der Waals surface area contributed by atoms with Crippen LogP contribution in [0.15, 0.2) is 0 Å².